The monoisotopic (exact) mass is 333 g/mol. The number of halogens is 1. The fourth-order valence-corrected chi connectivity index (χ4v) is 3.19. The van der Waals surface area contributed by atoms with Crippen LogP contribution in [0.25, 0.3) is 0 Å². The number of hydrogen-bond acceptors (Lipinski definition) is 4. The molecule has 1 atom stereocenters. The molecular formula is C14H24ClN3O2S. The first-order valence-corrected chi connectivity index (χ1v) is 8.36. The maximum atomic E-state index is 12.1. The van der Waals surface area contributed by atoms with Gasteiger partial charge in [0.1, 0.15) is 0 Å². The molecule has 5 nitrogen and oxygen atoms in total. The summed E-state index contributed by atoms with van der Waals surface area (Å²) in [5.41, 5.74) is 7.00. The average molecular weight is 334 g/mol. The molecule has 1 aliphatic rings. The van der Waals surface area contributed by atoms with E-state index < -0.39 is 10.0 Å². The van der Waals surface area contributed by atoms with E-state index >= 15 is 0 Å². The molecule has 0 aromatic heterocycles. The zero-order chi connectivity index (χ0) is 14.8. The van der Waals surface area contributed by atoms with Crippen LogP contribution in [0.2, 0.25) is 0 Å². The van der Waals surface area contributed by atoms with Gasteiger partial charge in [0.05, 0.1) is 4.90 Å². The quantitative estimate of drug-likeness (QED) is 0.786. The first kappa shape index (κ1) is 18.4. The smallest absolute Gasteiger partial charge is 0.240 e. The molecule has 0 aliphatic heterocycles. The molecule has 0 saturated heterocycles. The molecule has 1 saturated carbocycles. The summed E-state index contributed by atoms with van der Waals surface area (Å²) in [4.78, 5) is 2.33. The van der Waals surface area contributed by atoms with E-state index in [9.17, 15) is 8.42 Å². The molecule has 1 unspecified atom stereocenters. The van der Waals surface area contributed by atoms with Crippen molar-refractivity contribution < 1.29 is 8.42 Å². The minimum absolute atomic E-state index is 0. The molecule has 120 valence electrons. The maximum absolute atomic E-state index is 12.1. The van der Waals surface area contributed by atoms with Gasteiger partial charge in [0, 0.05) is 19.1 Å². The van der Waals surface area contributed by atoms with Gasteiger partial charge in [0.15, 0.2) is 0 Å². The first-order valence-electron chi connectivity index (χ1n) is 6.87. The summed E-state index contributed by atoms with van der Waals surface area (Å²) in [5.74, 6) is 0.486. The van der Waals surface area contributed by atoms with Gasteiger partial charge in [0.2, 0.25) is 10.0 Å². The average Bonchev–Trinajstić information content (AvgIpc) is 3.20. The van der Waals surface area contributed by atoms with Crippen molar-refractivity contribution in [2.24, 2.45) is 11.7 Å². The third-order valence-corrected chi connectivity index (χ3v) is 4.91. The van der Waals surface area contributed by atoms with Gasteiger partial charge in [-0.2, -0.15) is 0 Å². The molecule has 21 heavy (non-hydrogen) atoms. The minimum atomic E-state index is -3.45. The summed E-state index contributed by atoms with van der Waals surface area (Å²) in [5, 5.41) is 0. The standard InChI is InChI=1S/C14H23N3O2S.ClH/c1-17(2)10-11-3-7-13(8-4-11)20(18,19)16-9-14(15)12-5-6-12;/h3-4,7-8,12,14,16H,5-6,9-10,15H2,1-2H3;1H. The van der Waals surface area contributed by atoms with Crippen molar-refractivity contribution in [1.29, 1.82) is 0 Å². The molecule has 0 spiro atoms. The van der Waals surface area contributed by atoms with Crippen molar-refractivity contribution in [3.8, 4) is 0 Å². The highest BCUT2D eigenvalue weighted by Crippen LogP contribution is 2.31. The highest BCUT2D eigenvalue weighted by molar-refractivity contribution is 7.89. The lowest BCUT2D eigenvalue weighted by Gasteiger charge is -2.13. The predicted molar refractivity (Wildman–Crippen MR) is 87.0 cm³/mol. The lowest BCUT2D eigenvalue weighted by atomic mass is 10.2. The highest BCUT2D eigenvalue weighted by Gasteiger charge is 2.29. The highest BCUT2D eigenvalue weighted by atomic mass is 35.5. The predicted octanol–water partition coefficient (Wildman–Crippen LogP) is 1.19. The van der Waals surface area contributed by atoms with Gasteiger partial charge in [-0.1, -0.05) is 12.1 Å². The normalized spacial score (nSPS) is 16.6. The van der Waals surface area contributed by atoms with E-state index in [0.29, 0.717) is 17.4 Å². The molecule has 1 aromatic carbocycles. The van der Waals surface area contributed by atoms with E-state index in [4.69, 9.17) is 5.73 Å². The number of nitrogens with zero attached hydrogens (tertiary/aromatic N) is 1. The molecule has 0 bridgehead atoms. The van der Waals surface area contributed by atoms with Crippen LogP contribution in [0.5, 0.6) is 0 Å². The Morgan fingerprint density at radius 2 is 1.86 bits per heavy atom. The van der Waals surface area contributed by atoms with Gasteiger partial charge in [-0.25, -0.2) is 13.1 Å². The molecule has 0 heterocycles. The number of hydrogen-bond donors (Lipinski definition) is 2. The number of benzene rings is 1. The van der Waals surface area contributed by atoms with E-state index in [0.717, 1.165) is 24.9 Å². The Labute approximate surface area is 133 Å². The summed E-state index contributed by atoms with van der Waals surface area (Å²) in [6, 6.07) is 6.90. The van der Waals surface area contributed by atoms with Crippen LogP contribution in [0.4, 0.5) is 0 Å². The summed E-state index contributed by atoms with van der Waals surface area (Å²) in [6.45, 7) is 1.10. The molecule has 7 heteroatoms. The van der Waals surface area contributed by atoms with Gasteiger partial charge in [-0.05, 0) is 50.6 Å². The van der Waals surface area contributed by atoms with Crippen molar-refractivity contribution in [2.45, 2.75) is 30.3 Å². The lowest BCUT2D eigenvalue weighted by molar-refractivity contribution is 0.402. The summed E-state index contributed by atoms with van der Waals surface area (Å²) in [6.07, 6.45) is 2.23. The molecule has 3 N–H and O–H groups in total. The summed E-state index contributed by atoms with van der Waals surface area (Å²) >= 11 is 0. The third kappa shape index (κ3) is 5.56. The summed E-state index contributed by atoms with van der Waals surface area (Å²) in [7, 11) is 0.505. The summed E-state index contributed by atoms with van der Waals surface area (Å²) < 4.78 is 26.9. The van der Waals surface area contributed by atoms with Crippen LogP contribution in [0, 0.1) is 5.92 Å². The Morgan fingerprint density at radius 3 is 2.33 bits per heavy atom. The van der Waals surface area contributed by atoms with E-state index in [1.807, 2.05) is 31.1 Å². The van der Waals surface area contributed by atoms with Crippen molar-refractivity contribution in [3.05, 3.63) is 29.8 Å². The Bertz CT molecular complexity index is 542. The molecule has 1 aromatic rings. The van der Waals surface area contributed by atoms with Crippen LogP contribution in [0.1, 0.15) is 18.4 Å². The number of nitrogens with two attached hydrogens (primary N) is 1. The topological polar surface area (TPSA) is 75.4 Å². The van der Waals surface area contributed by atoms with Crippen molar-refractivity contribution >= 4 is 22.4 Å². The van der Waals surface area contributed by atoms with Crippen molar-refractivity contribution in [3.63, 3.8) is 0 Å². The molecular weight excluding hydrogens is 310 g/mol. The second-order valence-electron chi connectivity index (χ2n) is 5.73. The van der Waals surface area contributed by atoms with E-state index in [1.165, 1.54) is 0 Å². The Balaban J connectivity index is 0.00000220. The van der Waals surface area contributed by atoms with Gasteiger partial charge in [-0.15, -0.1) is 12.4 Å². The van der Waals surface area contributed by atoms with Crippen LogP contribution in [0.15, 0.2) is 29.2 Å². The van der Waals surface area contributed by atoms with Gasteiger partial charge >= 0.3 is 0 Å². The van der Waals surface area contributed by atoms with Gasteiger partial charge < -0.3 is 10.6 Å². The number of nitrogens with one attached hydrogen (secondary N) is 1. The largest absolute Gasteiger partial charge is 0.326 e. The molecule has 1 aliphatic carbocycles. The van der Waals surface area contributed by atoms with Gasteiger partial charge in [0.25, 0.3) is 0 Å². The van der Waals surface area contributed by atoms with Crippen LogP contribution >= 0.6 is 12.4 Å². The molecule has 2 rings (SSSR count). The van der Waals surface area contributed by atoms with E-state index in [-0.39, 0.29) is 18.4 Å². The number of sulfonamides is 1. The Kier molecular flexibility index (Phi) is 6.62. The fourth-order valence-electron chi connectivity index (χ4n) is 2.12. The van der Waals surface area contributed by atoms with Crippen LogP contribution in [-0.4, -0.2) is 40.0 Å². The molecule has 1 fully saturated rings. The van der Waals surface area contributed by atoms with Crippen LogP contribution in [0.3, 0.4) is 0 Å². The fraction of sp³-hybridized carbons (Fsp3) is 0.571. The second-order valence-corrected chi connectivity index (χ2v) is 7.50. The Hall–Kier alpha value is -0.660. The molecule has 0 amide bonds. The van der Waals surface area contributed by atoms with Crippen LogP contribution < -0.4 is 10.5 Å². The lowest BCUT2D eigenvalue weighted by Crippen LogP contribution is -2.38. The van der Waals surface area contributed by atoms with E-state index in [2.05, 4.69) is 4.72 Å². The minimum Gasteiger partial charge on any atom is -0.326 e. The third-order valence-electron chi connectivity index (χ3n) is 3.47. The number of rotatable bonds is 7. The zero-order valence-electron chi connectivity index (χ0n) is 12.5. The second kappa shape index (κ2) is 7.56. The Morgan fingerprint density at radius 1 is 1.29 bits per heavy atom. The molecule has 0 radical (unpaired) electrons. The van der Waals surface area contributed by atoms with Crippen molar-refractivity contribution in [2.75, 3.05) is 20.6 Å². The maximum Gasteiger partial charge on any atom is 0.240 e. The van der Waals surface area contributed by atoms with Crippen LogP contribution in [-0.2, 0) is 16.6 Å². The SMILES string of the molecule is CN(C)Cc1ccc(S(=O)(=O)NCC(N)C2CC2)cc1.Cl. The van der Waals surface area contributed by atoms with Crippen molar-refractivity contribution in [1.82, 2.24) is 9.62 Å². The first-order chi connectivity index (χ1) is 9.38. The van der Waals surface area contributed by atoms with Gasteiger partial charge in [-0.3, -0.25) is 0 Å². The zero-order valence-corrected chi connectivity index (χ0v) is 14.1. The van der Waals surface area contributed by atoms with E-state index in [1.54, 1.807) is 12.1 Å².